The van der Waals surface area contributed by atoms with E-state index in [0.29, 0.717) is 5.41 Å². The van der Waals surface area contributed by atoms with Crippen LogP contribution in [-0.2, 0) is 0 Å². The van der Waals surface area contributed by atoms with Crippen LogP contribution in [0.2, 0.25) is 0 Å². The lowest BCUT2D eigenvalue weighted by Gasteiger charge is -2.43. The molecule has 0 heterocycles. The molecule has 0 aromatic heterocycles. The topological polar surface area (TPSA) is 15.3 Å². The van der Waals surface area contributed by atoms with E-state index >= 15 is 0 Å². The first-order valence-electron chi connectivity index (χ1n) is 9.41. The van der Waals surface area contributed by atoms with Gasteiger partial charge in [-0.2, -0.15) is 0 Å². The second kappa shape index (κ2) is 9.15. The maximum absolute atomic E-state index is 3.76. The first-order chi connectivity index (χ1) is 9.95. The van der Waals surface area contributed by atoms with E-state index in [1.54, 1.807) is 0 Å². The van der Waals surface area contributed by atoms with Crippen LogP contribution in [0.3, 0.4) is 0 Å². The summed E-state index contributed by atoms with van der Waals surface area (Å²) in [6, 6.07) is 0.735. The van der Waals surface area contributed by atoms with Crippen LogP contribution in [0.25, 0.3) is 0 Å². The highest BCUT2D eigenvalue weighted by molar-refractivity contribution is 4.90. The molecule has 0 spiro atoms. The number of hydrogen-bond donors (Lipinski definition) is 1. The van der Waals surface area contributed by atoms with Gasteiger partial charge < -0.3 is 10.2 Å². The first kappa shape index (κ1) is 19.0. The molecule has 0 aromatic rings. The van der Waals surface area contributed by atoms with E-state index in [2.05, 4.69) is 51.8 Å². The fraction of sp³-hybridized carbons (Fsp3) is 1.00. The van der Waals surface area contributed by atoms with Crippen molar-refractivity contribution in [2.45, 2.75) is 79.7 Å². The molecule has 2 nitrogen and oxygen atoms in total. The second-order valence-electron chi connectivity index (χ2n) is 7.87. The van der Waals surface area contributed by atoms with Crippen LogP contribution < -0.4 is 5.32 Å². The van der Waals surface area contributed by atoms with Crippen LogP contribution >= 0.6 is 0 Å². The summed E-state index contributed by atoms with van der Waals surface area (Å²) < 4.78 is 0. The lowest BCUT2D eigenvalue weighted by molar-refractivity contribution is 0.0950. The maximum atomic E-state index is 3.76. The van der Waals surface area contributed by atoms with E-state index in [9.17, 15) is 0 Å². The molecule has 0 saturated heterocycles. The van der Waals surface area contributed by atoms with Crippen LogP contribution in [-0.4, -0.2) is 37.1 Å². The Balaban J connectivity index is 2.63. The summed E-state index contributed by atoms with van der Waals surface area (Å²) in [4.78, 5) is 2.72. The number of nitrogens with zero attached hydrogens (tertiary/aromatic N) is 1. The van der Waals surface area contributed by atoms with Crippen molar-refractivity contribution in [1.29, 1.82) is 0 Å². The third kappa shape index (κ3) is 6.28. The highest BCUT2D eigenvalue weighted by Gasteiger charge is 2.35. The van der Waals surface area contributed by atoms with Crippen LogP contribution in [0.4, 0.5) is 0 Å². The summed E-state index contributed by atoms with van der Waals surface area (Å²) in [5.74, 6) is 1.70. The van der Waals surface area contributed by atoms with Crippen LogP contribution in [0.5, 0.6) is 0 Å². The van der Waals surface area contributed by atoms with Crippen molar-refractivity contribution in [2.75, 3.05) is 26.2 Å². The van der Waals surface area contributed by atoms with Gasteiger partial charge in [0, 0.05) is 19.1 Å². The molecule has 1 aliphatic rings. The molecule has 1 rings (SSSR count). The molecular formula is C19H40N2. The summed E-state index contributed by atoms with van der Waals surface area (Å²) in [6.07, 6.45) is 6.75. The minimum absolute atomic E-state index is 0.533. The molecule has 0 aliphatic heterocycles. The Kier molecular flexibility index (Phi) is 8.26. The van der Waals surface area contributed by atoms with Gasteiger partial charge in [0.1, 0.15) is 0 Å². The lowest BCUT2D eigenvalue weighted by Crippen LogP contribution is -2.48. The number of rotatable bonds is 9. The summed E-state index contributed by atoms with van der Waals surface area (Å²) >= 11 is 0. The Labute approximate surface area is 134 Å². The van der Waals surface area contributed by atoms with Crippen molar-refractivity contribution >= 4 is 0 Å². The maximum Gasteiger partial charge on any atom is 0.0108 e. The Morgan fingerprint density at radius 1 is 1.14 bits per heavy atom. The van der Waals surface area contributed by atoms with Gasteiger partial charge >= 0.3 is 0 Å². The Morgan fingerprint density at radius 2 is 1.81 bits per heavy atom. The molecule has 1 N–H and O–H groups in total. The zero-order valence-corrected chi connectivity index (χ0v) is 15.5. The molecule has 0 radical (unpaired) electrons. The van der Waals surface area contributed by atoms with E-state index in [1.807, 2.05) is 0 Å². The summed E-state index contributed by atoms with van der Waals surface area (Å²) in [5, 5.41) is 3.76. The highest BCUT2D eigenvalue weighted by atomic mass is 15.1. The molecule has 2 heteroatoms. The molecule has 0 aromatic carbocycles. The number of hydrogen-bond acceptors (Lipinski definition) is 2. The smallest absolute Gasteiger partial charge is 0.0108 e. The SMILES string of the molecule is CCNC1CCC(C)(C)CC1CN(CC)CC(CC)CC. The molecule has 1 fully saturated rings. The zero-order valence-electron chi connectivity index (χ0n) is 15.5. The lowest BCUT2D eigenvalue weighted by atomic mass is 9.69. The van der Waals surface area contributed by atoms with E-state index in [4.69, 9.17) is 0 Å². The summed E-state index contributed by atoms with van der Waals surface area (Å²) in [7, 11) is 0. The van der Waals surface area contributed by atoms with Crippen molar-refractivity contribution < 1.29 is 0 Å². The van der Waals surface area contributed by atoms with Crippen LogP contribution in [0.1, 0.15) is 73.6 Å². The first-order valence-corrected chi connectivity index (χ1v) is 9.41. The molecule has 0 amide bonds. The highest BCUT2D eigenvalue weighted by Crippen LogP contribution is 2.39. The molecular weight excluding hydrogens is 256 g/mol. The van der Waals surface area contributed by atoms with Gasteiger partial charge in [0.2, 0.25) is 0 Å². The Morgan fingerprint density at radius 3 is 2.33 bits per heavy atom. The molecule has 126 valence electrons. The Hall–Kier alpha value is -0.0800. The largest absolute Gasteiger partial charge is 0.314 e. The fourth-order valence-electron chi connectivity index (χ4n) is 4.04. The van der Waals surface area contributed by atoms with Crippen molar-refractivity contribution in [3.8, 4) is 0 Å². The molecule has 2 unspecified atom stereocenters. The van der Waals surface area contributed by atoms with E-state index in [-0.39, 0.29) is 0 Å². The van der Waals surface area contributed by atoms with Crippen molar-refractivity contribution in [1.82, 2.24) is 10.2 Å². The average Bonchev–Trinajstić information content (AvgIpc) is 2.45. The third-order valence-electron chi connectivity index (χ3n) is 5.59. The zero-order chi connectivity index (χ0) is 15.9. The monoisotopic (exact) mass is 296 g/mol. The fourth-order valence-corrected chi connectivity index (χ4v) is 4.04. The van der Waals surface area contributed by atoms with E-state index < -0.39 is 0 Å². The van der Waals surface area contributed by atoms with Gasteiger partial charge in [0.05, 0.1) is 0 Å². The minimum Gasteiger partial charge on any atom is -0.314 e. The molecule has 1 saturated carbocycles. The molecule has 1 aliphatic carbocycles. The molecule has 21 heavy (non-hydrogen) atoms. The minimum atomic E-state index is 0.533. The van der Waals surface area contributed by atoms with Gasteiger partial charge in [-0.1, -0.05) is 54.4 Å². The van der Waals surface area contributed by atoms with Gasteiger partial charge in [-0.3, -0.25) is 0 Å². The van der Waals surface area contributed by atoms with Crippen LogP contribution in [0.15, 0.2) is 0 Å². The standard InChI is InChI=1S/C19H40N2/c1-7-16(8-2)14-21(10-4)15-17-13-19(5,6)12-11-18(17)20-9-3/h16-18,20H,7-15H2,1-6H3. The van der Waals surface area contributed by atoms with Gasteiger partial charge in [0.15, 0.2) is 0 Å². The van der Waals surface area contributed by atoms with E-state index in [0.717, 1.165) is 24.4 Å². The quantitative estimate of drug-likeness (QED) is 0.671. The van der Waals surface area contributed by atoms with Crippen molar-refractivity contribution in [2.24, 2.45) is 17.3 Å². The molecule has 2 atom stereocenters. The Bertz CT molecular complexity index is 271. The predicted octanol–water partition coefficient (Wildman–Crippen LogP) is 4.55. The summed E-state index contributed by atoms with van der Waals surface area (Å²) in [6.45, 7) is 19.1. The average molecular weight is 297 g/mol. The van der Waals surface area contributed by atoms with Gasteiger partial charge in [0.25, 0.3) is 0 Å². The molecule has 0 bridgehead atoms. The number of nitrogens with one attached hydrogen (secondary N) is 1. The third-order valence-corrected chi connectivity index (χ3v) is 5.59. The van der Waals surface area contributed by atoms with Gasteiger partial charge in [-0.05, 0) is 49.6 Å². The van der Waals surface area contributed by atoms with Gasteiger partial charge in [-0.25, -0.2) is 0 Å². The second-order valence-corrected chi connectivity index (χ2v) is 7.87. The van der Waals surface area contributed by atoms with Crippen molar-refractivity contribution in [3.05, 3.63) is 0 Å². The van der Waals surface area contributed by atoms with Crippen LogP contribution in [0, 0.1) is 17.3 Å². The summed E-state index contributed by atoms with van der Waals surface area (Å²) in [5.41, 5.74) is 0.533. The predicted molar refractivity (Wildman–Crippen MR) is 94.8 cm³/mol. The normalized spacial score (nSPS) is 25.7. The van der Waals surface area contributed by atoms with Crippen molar-refractivity contribution in [3.63, 3.8) is 0 Å². The van der Waals surface area contributed by atoms with E-state index in [1.165, 1.54) is 51.7 Å². The van der Waals surface area contributed by atoms with Gasteiger partial charge in [-0.15, -0.1) is 0 Å².